The minimum Gasteiger partial charge on any atom is -0.462 e. The number of nitrogens with zero attached hydrogens (tertiary/aromatic N) is 3. The number of carbonyl (C=O) groups excluding carboxylic acids is 2. The lowest BCUT2D eigenvalue weighted by atomic mass is 10.1. The number of rotatable bonds is 8. The molecule has 8 heteroatoms. The number of urea groups is 1. The van der Waals surface area contributed by atoms with Gasteiger partial charge in [-0.3, -0.25) is 9.36 Å². The summed E-state index contributed by atoms with van der Waals surface area (Å²) in [7, 11) is 0. The van der Waals surface area contributed by atoms with Gasteiger partial charge >= 0.3 is 12.0 Å². The Morgan fingerprint density at radius 3 is 2.34 bits per heavy atom. The van der Waals surface area contributed by atoms with Gasteiger partial charge in [-0.25, -0.2) is 14.6 Å². The van der Waals surface area contributed by atoms with Gasteiger partial charge in [0.05, 0.1) is 34.8 Å². The zero-order chi connectivity index (χ0) is 27.2. The molecular weight excluding hydrogens is 480 g/mol. The van der Waals surface area contributed by atoms with Gasteiger partial charge in [-0.1, -0.05) is 37.3 Å². The van der Waals surface area contributed by atoms with E-state index in [0.717, 1.165) is 17.7 Å². The lowest BCUT2D eigenvalue weighted by Gasteiger charge is -2.30. The van der Waals surface area contributed by atoms with E-state index < -0.39 is 12.0 Å². The smallest absolute Gasteiger partial charge is 0.338 e. The molecule has 1 heterocycles. The summed E-state index contributed by atoms with van der Waals surface area (Å²) in [5.41, 5.74) is 3.11. The molecule has 8 nitrogen and oxygen atoms in total. The number of anilines is 1. The molecule has 2 amide bonds. The number of aryl methyl sites for hydroxylation is 1. The molecule has 1 atom stereocenters. The van der Waals surface area contributed by atoms with Crippen LogP contribution in [0.3, 0.4) is 0 Å². The Hall–Kier alpha value is -4.46. The van der Waals surface area contributed by atoms with Crippen molar-refractivity contribution in [1.82, 2.24) is 14.5 Å². The van der Waals surface area contributed by atoms with Crippen molar-refractivity contribution in [2.45, 2.75) is 40.2 Å². The number of amides is 2. The van der Waals surface area contributed by atoms with Crippen LogP contribution in [0.2, 0.25) is 0 Å². The summed E-state index contributed by atoms with van der Waals surface area (Å²) in [4.78, 5) is 45.7. The number of nitrogens with one attached hydrogen (secondary N) is 1. The summed E-state index contributed by atoms with van der Waals surface area (Å²) in [5.74, 6) is 0.0613. The standard InChI is InChI=1S/C30H32N4O4/c1-5-21-12-8-11-15-26(21)34-27(32-25-14-10-9-13-24(25)28(34)35)20(4)33(6-2)30(37)31-23-18-16-22(17-19-23)29(36)38-7-3/h8-20H,5-7H2,1-4H3,(H,31,37). The molecule has 4 aromatic rings. The highest BCUT2D eigenvalue weighted by atomic mass is 16.5. The first-order chi connectivity index (χ1) is 18.4. The molecule has 0 spiro atoms. The fourth-order valence-corrected chi connectivity index (χ4v) is 4.52. The van der Waals surface area contributed by atoms with E-state index in [0.29, 0.717) is 34.5 Å². The third-order valence-corrected chi connectivity index (χ3v) is 6.51. The van der Waals surface area contributed by atoms with E-state index in [4.69, 9.17) is 9.72 Å². The van der Waals surface area contributed by atoms with Gasteiger partial charge in [-0.15, -0.1) is 0 Å². The molecule has 0 saturated carbocycles. The van der Waals surface area contributed by atoms with Crippen molar-refractivity contribution in [3.05, 3.63) is 100 Å². The topological polar surface area (TPSA) is 93.5 Å². The highest BCUT2D eigenvalue weighted by Gasteiger charge is 2.26. The summed E-state index contributed by atoms with van der Waals surface area (Å²) in [6.45, 7) is 8.21. The van der Waals surface area contributed by atoms with Crippen molar-refractivity contribution in [3.8, 4) is 5.69 Å². The molecule has 0 fully saturated rings. The van der Waals surface area contributed by atoms with Gasteiger partial charge in [0, 0.05) is 12.2 Å². The molecular formula is C30H32N4O4. The fraction of sp³-hybridized carbons (Fsp3) is 0.267. The van der Waals surface area contributed by atoms with E-state index in [2.05, 4.69) is 5.32 Å². The van der Waals surface area contributed by atoms with Crippen LogP contribution in [-0.2, 0) is 11.2 Å². The maximum Gasteiger partial charge on any atom is 0.338 e. The zero-order valence-electron chi connectivity index (χ0n) is 22.1. The molecule has 0 saturated heterocycles. The molecule has 4 rings (SSSR count). The fourth-order valence-electron chi connectivity index (χ4n) is 4.52. The van der Waals surface area contributed by atoms with Gasteiger partial charge in [-0.2, -0.15) is 0 Å². The average Bonchev–Trinajstić information content (AvgIpc) is 2.94. The highest BCUT2D eigenvalue weighted by molar-refractivity contribution is 5.92. The van der Waals surface area contributed by atoms with Crippen molar-refractivity contribution >= 4 is 28.6 Å². The zero-order valence-corrected chi connectivity index (χ0v) is 22.1. The molecule has 1 aromatic heterocycles. The molecule has 0 bridgehead atoms. The number of para-hydroxylation sites is 2. The maximum absolute atomic E-state index is 13.8. The number of ether oxygens (including phenoxy) is 1. The van der Waals surface area contributed by atoms with E-state index in [1.54, 1.807) is 46.7 Å². The van der Waals surface area contributed by atoms with Gasteiger partial charge in [0.1, 0.15) is 5.82 Å². The Kier molecular flexibility index (Phi) is 8.21. The molecule has 196 valence electrons. The van der Waals surface area contributed by atoms with Crippen molar-refractivity contribution in [3.63, 3.8) is 0 Å². The minimum absolute atomic E-state index is 0.177. The Balaban J connectivity index is 1.72. The lowest BCUT2D eigenvalue weighted by Crippen LogP contribution is -2.39. The van der Waals surface area contributed by atoms with Crippen molar-refractivity contribution in [2.75, 3.05) is 18.5 Å². The maximum atomic E-state index is 13.8. The molecule has 0 radical (unpaired) electrons. The van der Waals surface area contributed by atoms with Crippen LogP contribution >= 0.6 is 0 Å². The normalized spacial score (nSPS) is 11.7. The van der Waals surface area contributed by atoms with E-state index in [1.165, 1.54) is 0 Å². The Morgan fingerprint density at radius 1 is 0.974 bits per heavy atom. The van der Waals surface area contributed by atoms with Crippen LogP contribution in [0.5, 0.6) is 0 Å². The number of carbonyl (C=O) groups is 2. The number of hydrogen-bond donors (Lipinski definition) is 1. The second kappa shape index (κ2) is 11.7. The highest BCUT2D eigenvalue weighted by Crippen LogP contribution is 2.25. The minimum atomic E-state index is -0.527. The quantitative estimate of drug-likeness (QED) is 0.304. The largest absolute Gasteiger partial charge is 0.462 e. The molecule has 0 aliphatic carbocycles. The summed E-state index contributed by atoms with van der Waals surface area (Å²) in [5, 5.41) is 3.41. The Labute approximate surface area is 221 Å². The second-order valence-corrected chi connectivity index (χ2v) is 8.80. The number of fused-ring (bicyclic) bond motifs is 1. The van der Waals surface area contributed by atoms with Gasteiger partial charge in [0.2, 0.25) is 0 Å². The lowest BCUT2D eigenvalue weighted by molar-refractivity contribution is 0.0526. The van der Waals surface area contributed by atoms with Crippen LogP contribution in [0.4, 0.5) is 10.5 Å². The summed E-state index contributed by atoms with van der Waals surface area (Å²) >= 11 is 0. The van der Waals surface area contributed by atoms with Crippen LogP contribution in [-0.4, -0.2) is 39.6 Å². The van der Waals surface area contributed by atoms with Crippen LogP contribution in [0.15, 0.2) is 77.6 Å². The number of aromatic nitrogens is 2. The Bertz CT molecular complexity index is 1510. The van der Waals surface area contributed by atoms with E-state index in [1.807, 2.05) is 63.2 Å². The SMILES string of the molecule is CCOC(=O)c1ccc(NC(=O)N(CC)C(C)c2nc3ccccc3c(=O)n2-c2ccccc2CC)cc1. The van der Waals surface area contributed by atoms with E-state index in [-0.39, 0.29) is 18.2 Å². The predicted molar refractivity (Wildman–Crippen MR) is 149 cm³/mol. The number of benzene rings is 3. The number of esters is 1. The Morgan fingerprint density at radius 2 is 1.66 bits per heavy atom. The summed E-state index contributed by atoms with van der Waals surface area (Å²) in [6, 6.07) is 20.7. The van der Waals surface area contributed by atoms with E-state index >= 15 is 0 Å². The summed E-state index contributed by atoms with van der Waals surface area (Å²) in [6.07, 6.45) is 0.739. The average molecular weight is 513 g/mol. The first-order valence-corrected chi connectivity index (χ1v) is 12.8. The predicted octanol–water partition coefficient (Wildman–Crippen LogP) is 5.74. The van der Waals surface area contributed by atoms with Gasteiger partial charge in [-0.05, 0) is 75.2 Å². The molecule has 0 aliphatic heterocycles. The molecule has 1 N–H and O–H groups in total. The first-order valence-electron chi connectivity index (χ1n) is 12.8. The molecule has 38 heavy (non-hydrogen) atoms. The molecule has 3 aromatic carbocycles. The van der Waals surface area contributed by atoms with Crippen molar-refractivity contribution in [1.29, 1.82) is 0 Å². The number of hydrogen-bond acceptors (Lipinski definition) is 5. The second-order valence-electron chi connectivity index (χ2n) is 8.80. The molecule has 1 unspecified atom stereocenters. The molecule has 0 aliphatic rings. The van der Waals surface area contributed by atoms with Crippen molar-refractivity contribution in [2.24, 2.45) is 0 Å². The monoisotopic (exact) mass is 512 g/mol. The van der Waals surface area contributed by atoms with Crippen molar-refractivity contribution < 1.29 is 14.3 Å². The van der Waals surface area contributed by atoms with E-state index in [9.17, 15) is 14.4 Å². The third kappa shape index (κ3) is 5.29. The van der Waals surface area contributed by atoms with Gasteiger partial charge in [0.25, 0.3) is 5.56 Å². The summed E-state index contributed by atoms with van der Waals surface area (Å²) < 4.78 is 6.65. The van der Waals surface area contributed by atoms with Crippen LogP contribution in [0.25, 0.3) is 16.6 Å². The van der Waals surface area contributed by atoms with Crippen LogP contribution in [0.1, 0.15) is 55.5 Å². The first kappa shape index (κ1) is 26.6. The third-order valence-electron chi connectivity index (χ3n) is 6.51. The van der Waals surface area contributed by atoms with Crippen LogP contribution in [0, 0.1) is 0 Å². The van der Waals surface area contributed by atoms with Gasteiger partial charge in [0.15, 0.2) is 0 Å². The van der Waals surface area contributed by atoms with Gasteiger partial charge < -0.3 is 15.0 Å². The van der Waals surface area contributed by atoms with Crippen LogP contribution < -0.4 is 10.9 Å².